The van der Waals surface area contributed by atoms with Gasteiger partial charge in [-0.2, -0.15) is 22.0 Å². The first kappa shape index (κ1) is 14.1. The average Bonchev–Trinajstić information content (AvgIpc) is 2.14. The molecule has 0 aromatic heterocycles. The highest BCUT2D eigenvalue weighted by molar-refractivity contribution is 5.91. The molecular weight excluding hydrogens is 270 g/mol. The zero-order valence-corrected chi connectivity index (χ0v) is 8.26. The van der Waals surface area contributed by atoms with Crippen molar-refractivity contribution in [2.45, 2.75) is 12.3 Å². The molecule has 0 fully saturated rings. The lowest BCUT2D eigenvalue weighted by molar-refractivity contribution is -0.360. The third-order valence-corrected chi connectivity index (χ3v) is 1.76. The number of alkyl halides is 5. The van der Waals surface area contributed by atoms with Gasteiger partial charge in [-0.1, -0.05) is 6.07 Å². The molecule has 1 rings (SSSR count). The number of aromatic carboxylic acids is 1. The smallest absolute Gasteiger partial charge is 0.477 e. The van der Waals surface area contributed by atoms with Gasteiger partial charge >= 0.3 is 18.3 Å². The number of carboxylic acid groups (broad SMARTS) is 1. The quantitative estimate of drug-likeness (QED) is 0.862. The summed E-state index contributed by atoms with van der Waals surface area (Å²) < 4.78 is 76.8. The predicted molar refractivity (Wildman–Crippen MR) is 45.0 cm³/mol. The first-order valence-electron chi connectivity index (χ1n) is 4.21. The van der Waals surface area contributed by atoms with E-state index in [0.29, 0.717) is 12.1 Å². The molecule has 1 N–H and O–H groups in total. The van der Waals surface area contributed by atoms with Crippen molar-refractivity contribution in [2.75, 3.05) is 0 Å². The lowest BCUT2D eigenvalue weighted by atomic mass is 10.2. The average molecular weight is 274 g/mol. The summed E-state index contributed by atoms with van der Waals surface area (Å²) in [5, 5.41) is 8.50. The van der Waals surface area contributed by atoms with Crippen LogP contribution in [0.5, 0.6) is 5.75 Å². The summed E-state index contributed by atoms with van der Waals surface area (Å²) in [7, 11) is 0. The zero-order chi connectivity index (χ0) is 14.1. The van der Waals surface area contributed by atoms with Crippen molar-refractivity contribution in [1.82, 2.24) is 0 Å². The first-order valence-corrected chi connectivity index (χ1v) is 4.21. The normalized spacial score (nSPS) is 12.3. The molecule has 0 aliphatic rings. The van der Waals surface area contributed by atoms with Gasteiger partial charge in [0.05, 0.1) is 0 Å². The van der Waals surface area contributed by atoms with Gasteiger partial charge in [0.2, 0.25) is 0 Å². The SMILES string of the molecule is O=C(O)c1c(F)cccc1OC(F)(F)C(F)(F)F. The maximum Gasteiger partial charge on any atom is 0.499 e. The van der Waals surface area contributed by atoms with E-state index in [2.05, 4.69) is 4.74 Å². The summed E-state index contributed by atoms with van der Waals surface area (Å²) in [6.07, 6.45) is -11.7. The summed E-state index contributed by atoms with van der Waals surface area (Å²) in [6, 6.07) is 1.82. The van der Waals surface area contributed by atoms with E-state index in [1.54, 1.807) is 0 Å². The Morgan fingerprint density at radius 2 is 1.72 bits per heavy atom. The predicted octanol–water partition coefficient (Wildman–Crippen LogP) is 3.06. The van der Waals surface area contributed by atoms with Crippen LogP contribution >= 0.6 is 0 Å². The van der Waals surface area contributed by atoms with Crippen LogP contribution in [0.3, 0.4) is 0 Å². The summed E-state index contributed by atoms with van der Waals surface area (Å²) in [5.41, 5.74) is -1.40. The summed E-state index contributed by atoms with van der Waals surface area (Å²) >= 11 is 0. The van der Waals surface area contributed by atoms with Crippen LogP contribution in [-0.4, -0.2) is 23.4 Å². The molecule has 0 aliphatic carbocycles. The highest BCUT2D eigenvalue weighted by atomic mass is 19.4. The molecule has 0 unspecified atom stereocenters. The van der Waals surface area contributed by atoms with E-state index in [-0.39, 0.29) is 0 Å². The molecule has 0 amide bonds. The number of hydrogen-bond acceptors (Lipinski definition) is 2. The molecule has 0 atom stereocenters. The highest BCUT2D eigenvalue weighted by Crippen LogP contribution is 2.38. The summed E-state index contributed by atoms with van der Waals surface area (Å²) in [5.74, 6) is -4.93. The largest absolute Gasteiger partial charge is 0.499 e. The Labute approximate surface area is 95.6 Å². The van der Waals surface area contributed by atoms with E-state index in [1.807, 2.05) is 0 Å². The minimum atomic E-state index is -6.05. The van der Waals surface area contributed by atoms with Crippen molar-refractivity contribution in [3.8, 4) is 5.75 Å². The molecule has 1 aromatic rings. The highest BCUT2D eigenvalue weighted by Gasteiger charge is 2.61. The molecule has 0 spiro atoms. The molecule has 0 heterocycles. The maximum atomic E-state index is 13.0. The molecule has 18 heavy (non-hydrogen) atoms. The topological polar surface area (TPSA) is 46.5 Å². The fourth-order valence-corrected chi connectivity index (χ4v) is 0.993. The van der Waals surface area contributed by atoms with Crippen LogP contribution < -0.4 is 4.74 Å². The Kier molecular flexibility index (Phi) is 3.45. The number of carbonyl (C=O) groups is 1. The number of benzene rings is 1. The molecule has 9 heteroatoms. The fourth-order valence-electron chi connectivity index (χ4n) is 0.993. The number of rotatable bonds is 3. The second-order valence-corrected chi connectivity index (χ2v) is 3.03. The van der Waals surface area contributed by atoms with Crippen LogP contribution in [0.15, 0.2) is 18.2 Å². The molecule has 0 saturated heterocycles. The minimum absolute atomic E-state index is 0.492. The van der Waals surface area contributed by atoms with Gasteiger partial charge in [-0.25, -0.2) is 9.18 Å². The van der Waals surface area contributed by atoms with E-state index in [0.717, 1.165) is 6.07 Å². The van der Waals surface area contributed by atoms with Crippen molar-refractivity contribution in [3.63, 3.8) is 0 Å². The Morgan fingerprint density at radius 1 is 1.17 bits per heavy atom. The fraction of sp³-hybridized carbons (Fsp3) is 0.222. The number of halogens is 6. The van der Waals surface area contributed by atoms with Crippen LogP contribution in [0.1, 0.15) is 10.4 Å². The van der Waals surface area contributed by atoms with Gasteiger partial charge in [0, 0.05) is 0 Å². The van der Waals surface area contributed by atoms with E-state index in [9.17, 15) is 31.1 Å². The van der Waals surface area contributed by atoms with Crippen molar-refractivity contribution >= 4 is 5.97 Å². The molecular formula is C9H4F6O3. The zero-order valence-electron chi connectivity index (χ0n) is 8.26. The van der Waals surface area contributed by atoms with Gasteiger partial charge in [0.25, 0.3) is 0 Å². The second-order valence-electron chi connectivity index (χ2n) is 3.03. The monoisotopic (exact) mass is 274 g/mol. The Morgan fingerprint density at radius 3 is 2.17 bits per heavy atom. The van der Waals surface area contributed by atoms with Crippen molar-refractivity contribution in [2.24, 2.45) is 0 Å². The summed E-state index contributed by atoms with van der Waals surface area (Å²) in [6.45, 7) is 0. The van der Waals surface area contributed by atoms with Gasteiger partial charge in [-0.3, -0.25) is 0 Å². The van der Waals surface area contributed by atoms with Crippen LogP contribution in [0.2, 0.25) is 0 Å². The molecule has 0 bridgehead atoms. The summed E-state index contributed by atoms with van der Waals surface area (Å²) in [4.78, 5) is 10.5. The molecule has 0 saturated carbocycles. The van der Waals surface area contributed by atoms with Gasteiger partial charge in [0.15, 0.2) is 0 Å². The maximum absolute atomic E-state index is 13.0. The van der Waals surface area contributed by atoms with Crippen molar-refractivity contribution < 1.29 is 41.0 Å². The van der Waals surface area contributed by atoms with E-state index in [1.165, 1.54) is 0 Å². The lowest BCUT2D eigenvalue weighted by Crippen LogP contribution is -2.42. The Hall–Kier alpha value is -1.93. The van der Waals surface area contributed by atoms with Crippen molar-refractivity contribution in [3.05, 3.63) is 29.6 Å². The lowest BCUT2D eigenvalue weighted by Gasteiger charge is -2.21. The van der Waals surface area contributed by atoms with Crippen molar-refractivity contribution in [1.29, 1.82) is 0 Å². The molecule has 100 valence electrons. The van der Waals surface area contributed by atoms with Crippen LogP contribution in [0.25, 0.3) is 0 Å². The molecule has 1 aromatic carbocycles. The Balaban J connectivity index is 3.21. The van der Waals surface area contributed by atoms with E-state index >= 15 is 0 Å². The standard InChI is InChI=1S/C9H4F6O3/c10-4-2-1-3-5(6(4)7(16)17)18-9(14,15)8(11,12)13/h1-3H,(H,16,17). The first-order chi connectivity index (χ1) is 8.06. The molecule has 0 aliphatic heterocycles. The third kappa shape index (κ3) is 2.66. The number of carboxylic acids is 1. The van der Waals surface area contributed by atoms with Crippen LogP contribution in [0, 0.1) is 5.82 Å². The van der Waals surface area contributed by atoms with Gasteiger partial charge < -0.3 is 9.84 Å². The molecule has 3 nitrogen and oxygen atoms in total. The van der Waals surface area contributed by atoms with E-state index in [4.69, 9.17) is 5.11 Å². The minimum Gasteiger partial charge on any atom is -0.477 e. The second kappa shape index (κ2) is 4.39. The van der Waals surface area contributed by atoms with Gasteiger partial charge in [-0.05, 0) is 12.1 Å². The number of hydrogen-bond donors (Lipinski definition) is 1. The van der Waals surface area contributed by atoms with Crippen LogP contribution in [0.4, 0.5) is 26.3 Å². The number of ether oxygens (including phenoxy) is 1. The van der Waals surface area contributed by atoms with Gasteiger partial charge in [0.1, 0.15) is 17.1 Å². The van der Waals surface area contributed by atoms with Gasteiger partial charge in [-0.15, -0.1) is 0 Å². The molecule has 0 radical (unpaired) electrons. The third-order valence-electron chi connectivity index (χ3n) is 1.76. The van der Waals surface area contributed by atoms with E-state index < -0.39 is 35.4 Å². The van der Waals surface area contributed by atoms with Crippen LogP contribution in [-0.2, 0) is 0 Å². The Bertz CT molecular complexity index is 468.